The van der Waals surface area contributed by atoms with Gasteiger partial charge in [-0.25, -0.2) is 0 Å². The number of rotatable bonds is 4. The van der Waals surface area contributed by atoms with E-state index in [9.17, 15) is 4.79 Å². The Morgan fingerprint density at radius 3 is 2.20 bits per heavy atom. The summed E-state index contributed by atoms with van der Waals surface area (Å²) >= 11 is 8.07. The van der Waals surface area contributed by atoms with Crippen molar-refractivity contribution in [3.8, 4) is 11.5 Å². The maximum Gasteiger partial charge on any atom is 0.194 e. The Bertz CT molecular complexity index is 633. The lowest BCUT2D eigenvalue weighted by Crippen LogP contribution is -2.04. The molecular formula is C15H12ClIO3. The van der Waals surface area contributed by atoms with Crippen molar-refractivity contribution < 1.29 is 14.3 Å². The summed E-state index contributed by atoms with van der Waals surface area (Å²) in [6, 6.07) is 10.3. The number of halogens is 2. The fourth-order valence-corrected chi connectivity index (χ4v) is 2.52. The highest BCUT2D eigenvalue weighted by molar-refractivity contribution is 14.1. The molecule has 0 bridgehead atoms. The van der Waals surface area contributed by atoms with Crippen molar-refractivity contribution in [1.82, 2.24) is 0 Å². The summed E-state index contributed by atoms with van der Waals surface area (Å²) in [5, 5.41) is 0.531. The van der Waals surface area contributed by atoms with Crippen LogP contribution in [0, 0.1) is 3.57 Å². The molecule has 0 aromatic heterocycles. The van der Waals surface area contributed by atoms with E-state index >= 15 is 0 Å². The number of benzene rings is 2. The summed E-state index contributed by atoms with van der Waals surface area (Å²) in [5.74, 6) is 1.03. The molecule has 0 saturated carbocycles. The molecule has 3 nitrogen and oxygen atoms in total. The number of carbonyl (C=O) groups excluding carboxylic acids is 1. The van der Waals surface area contributed by atoms with Crippen LogP contribution in [0.25, 0.3) is 0 Å². The first-order valence-corrected chi connectivity index (χ1v) is 7.23. The van der Waals surface area contributed by atoms with Crippen LogP contribution in [0.3, 0.4) is 0 Å². The second-order valence-electron chi connectivity index (χ2n) is 4.05. The summed E-state index contributed by atoms with van der Waals surface area (Å²) in [4.78, 5) is 12.6. The van der Waals surface area contributed by atoms with Gasteiger partial charge in [0, 0.05) is 25.8 Å². The van der Waals surface area contributed by atoms with Crippen molar-refractivity contribution in [3.63, 3.8) is 0 Å². The summed E-state index contributed by atoms with van der Waals surface area (Å²) < 4.78 is 11.2. The molecule has 0 unspecified atom stereocenters. The van der Waals surface area contributed by atoms with Crippen molar-refractivity contribution in [2.45, 2.75) is 0 Å². The quantitative estimate of drug-likeness (QED) is 0.568. The van der Waals surface area contributed by atoms with Crippen molar-refractivity contribution in [2.75, 3.05) is 14.2 Å². The van der Waals surface area contributed by atoms with Crippen LogP contribution in [-0.4, -0.2) is 20.0 Å². The highest BCUT2D eigenvalue weighted by Crippen LogP contribution is 2.26. The number of ketones is 1. The fourth-order valence-electron chi connectivity index (χ4n) is 1.77. The Hall–Kier alpha value is -1.27. The molecule has 0 atom stereocenters. The molecule has 2 aromatic rings. The standard InChI is InChI=1S/C15H12ClIO3/c1-19-11-5-9(6-12(8-11)20-2)15(18)13-7-10(16)3-4-14(13)17/h3-8H,1-2H3. The molecule has 2 aromatic carbocycles. The SMILES string of the molecule is COc1cc(OC)cc(C(=O)c2cc(Cl)ccc2I)c1. The van der Waals surface area contributed by atoms with Gasteiger partial charge in [0.1, 0.15) is 11.5 Å². The Kier molecular flexibility index (Phi) is 4.88. The minimum absolute atomic E-state index is 0.117. The third-order valence-electron chi connectivity index (χ3n) is 2.79. The van der Waals surface area contributed by atoms with E-state index in [2.05, 4.69) is 22.6 Å². The van der Waals surface area contributed by atoms with Gasteiger partial charge in [0.05, 0.1) is 14.2 Å². The van der Waals surface area contributed by atoms with Gasteiger partial charge >= 0.3 is 0 Å². The largest absolute Gasteiger partial charge is 0.497 e. The minimum atomic E-state index is -0.117. The zero-order chi connectivity index (χ0) is 14.7. The van der Waals surface area contributed by atoms with Gasteiger partial charge in [-0.1, -0.05) is 11.6 Å². The molecule has 0 spiro atoms. The van der Waals surface area contributed by atoms with Crippen LogP contribution < -0.4 is 9.47 Å². The van der Waals surface area contributed by atoms with Crippen LogP contribution in [0.4, 0.5) is 0 Å². The molecule has 0 heterocycles. The van der Waals surface area contributed by atoms with Crippen molar-refractivity contribution in [2.24, 2.45) is 0 Å². The second-order valence-corrected chi connectivity index (χ2v) is 5.65. The van der Waals surface area contributed by atoms with Gasteiger partial charge in [-0.05, 0) is 52.9 Å². The third kappa shape index (κ3) is 3.24. The summed E-state index contributed by atoms with van der Waals surface area (Å²) in [5.41, 5.74) is 1.06. The monoisotopic (exact) mass is 402 g/mol. The van der Waals surface area contributed by atoms with E-state index < -0.39 is 0 Å². The third-order valence-corrected chi connectivity index (χ3v) is 3.96. The minimum Gasteiger partial charge on any atom is -0.497 e. The summed E-state index contributed by atoms with van der Waals surface area (Å²) in [6.07, 6.45) is 0. The van der Waals surface area contributed by atoms with Crippen molar-refractivity contribution in [3.05, 3.63) is 56.1 Å². The van der Waals surface area contributed by atoms with Gasteiger partial charge in [0.25, 0.3) is 0 Å². The van der Waals surface area contributed by atoms with E-state index in [1.807, 2.05) is 6.07 Å². The fraction of sp³-hybridized carbons (Fsp3) is 0.133. The van der Waals surface area contributed by atoms with E-state index in [0.717, 1.165) is 3.57 Å². The first-order chi connectivity index (χ1) is 9.55. The predicted octanol–water partition coefficient (Wildman–Crippen LogP) is 4.19. The molecular weight excluding hydrogens is 391 g/mol. The predicted molar refractivity (Wildman–Crippen MR) is 87.1 cm³/mol. The molecule has 0 N–H and O–H groups in total. The molecule has 0 aliphatic rings. The molecule has 104 valence electrons. The average Bonchev–Trinajstić information content (AvgIpc) is 2.48. The highest BCUT2D eigenvalue weighted by Gasteiger charge is 2.15. The smallest absolute Gasteiger partial charge is 0.194 e. The van der Waals surface area contributed by atoms with Crippen LogP contribution in [0.15, 0.2) is 36.4 Å². The van der Waals surface area contributed by atoms with E-state index in [1.165, 1.54) is 0 Å². The Labute approximate surface area is 136 Å². The highest BCUT2D eigenvalue weighted by atomic mass is 127. The van der Waals surface area contributed by atoms with Gasteiger partial charge < -0.3 is 9.47 Å². The number of carbonyl (C=O) groups is 1. The lowest BCUT2D eigenvalue weighted by atomic mass is 10.0. The first kappa shape index (κ1) is 15.1. The number of ether oxygens (including phenoxy) is 2. The lowest BCUT2D eigenvalue weighted by molar-refractivity contribution is 0.103. The van der Waals surface area contributed by atoms with Crippen molar-refractivity contribution in [1.29, 1.82) is 0 Å². The van der Waals surface area contributed by atoms with E-state index in [1.54, 1.807) is 44.6 Å². The Morgan fingerprint density at radius 1 is 1.05 bits per heavy atom. The molecule has 20 heavy (non-hydrogen) atoms. The topological polar surface area (TPSA) is 35.5 Å². The molecule has 2 rings (SSSR count). The van der Waals surface area contributed by atoms with Gasteiger partial charge in [0.2, 0.25) is 0 Å². The first-order valence-electron chi connectivity index (χ1n) is 5.78. The van der Waals surface area contributed by atoms with E-state index in [0.29, 0.717) is 27.6 Å². The maximum atomic E-state index is 12.6. The van der Waals surface area contributed by atoms with Gasteiger partial charge in [-0.15, -0.1) is 0 Å². The molecule has 0 fully saturated rings. The molecule has 0 radical (unpaired) electrons. The zero-order valence-electron chi connectivity index (χ0n) is 10.9. The van der Waals surface area contributed by atoms with Gasteiger partial charge in [-0.2, -0.15) is 0 Å². The zero-order valence-corrected chi connectivity index (χ0v) is 13.9. The average molecular weight is 403 g/mol. The van der Waals surface area contributed by atoms with Gasteiger partial charge in [-0.3, -0.25) is 4.79 Å². The van der Waals surface area contributed by atoms with Crippen LogP contribution in [0.2, 0.25) is 5.02 Å². The van der Waals surface area contributed by atoms with Crippen LogP contribution in [-0.2, 0) is 0 Å². The van der Waals surface area contributed by atoms with Crippen LogP contribution in [0.1, 0.15) is 15.9 Å². The van der Waals surface area contributed by atoms with E-state index in [-0.39, 0.29) is 5.78 Å². The van der Waals surface area contributed by atoms with Crippen LogP contribution >= 0.6 is 34.2 Å². The molecule has 0 aliphatic heterocycles. The van der Waals surface area contributed by atoms with Crippen LogP contribution in [0.5, 0.6) is 11.5 Å². The molecule has 0 amide bonds. The number of methoxy groups -OCH3 is 2. The molecule has 5 heteroatoms. The summed E-state index contributed by atoms with van der Waals surface area (Å²) in [6.45, 7) is 0. The second kappa shape index (κ2) is 6.45. The Morgan fingerprint density at radius 2 is 1.65 bits per heavy atom. The lowest BCUT2D eigenvalue weighted by Gasteiger charge is -2.09. The number of hydrogen-bond acceptors (Lipinski definition) is 3. The van der Waals surface area contributed by atoms with Gasteiger partial charge in [0.15, 0.2) is 5.78 Å². The van der Waals surface area contributed by atoms with Crippen molar-refractivity contribution >= 4 is 40.0 Å². The Balaban J connectivity index is 2.50. The maximum absolute atomic E-state index is 12.6. The van der Waals surface area contributed by atoms with E-state index in [4.69, 9.17) is 21.1 Å². The number of hydrogen-bond donors (Lipinski definition) is 0. The molecule has 0 aliphatic carbocycles. The summed E-state index contributed by atoms with van der Waals surface area (Å²) in [7, 11) is 3.10. The normalized spacial score (nSPS) is 10.2. The molecule has 0 saturated heterocycles.